The fourth-order valence-corrected chi connectivity index (χ4v) is 10.1. The molecule has 0 aliphatic carbocycles. The van der Waals surface area contributed by atoms with Crippen LogP contribution in [-0.2, 0) is 73.5 Å². The molecule has 1 aliphatic rings. The van der Waals surface area contributed by atoms with Crippen molar-refractivity contribution in [3.63, 3.8) is 0 Å². The van der Waals surface area contributed by atoms with Gasteiger partial charge in [-0.25, -0.2) is 0 Å². The van der Waals surface area contributed by atoms with Crippen LogP contribution in [0.15, 0.2) is 30.3 Å². The summed E-state index contributed by atoms with van der Waals surface area (Å²) in [4.78, 5) is 190. The normalized spacial score (nSPS) is 15.3. The summed E-state index contributed by atoms with van der Waals surface area (Å²) in [5, 5.41) is 35.5. The third-order valence-corrected chi connectivity index (χ3v) is 15.7. The van der Waals surface area contributed by atoms with E-state index >= 15 is 0 Å². The average molecular weight is 1310 g/mol. The molecule has 0 radical (unpaired) electrons. The number of unbranched alkanes of at least 4 members (excludes halogenated alkanes) is 6. The number of aliphatic hydroxyl groups is 1. The van der Waals surface area contributed by atoms with Crippen LogP contribution in [0, 0.1) is 5.92 Å². The van der Waals surface area contributed by atoms with Crippen molar-refractivity contribution in [3.8, 4) is 0 Å². The molecule has 29 heteroatoms. The van der Waals surface area contributed by atoms with Crippen LogP contribution in [0.25, 0.3) is 0 Å². The van der Waals surface area contributed by atoms with E-state index < -0.39 is 167 Å². The van der Waals surface area contributed by atoms with Crippen molar-refractivity contribution in [2.24, 2.45) is 23.1 Å². The zero-order valence-corrected chi connectivity index (χ0v) is 56.5. The van der Waals surface area contributed by atoms with Gasteiger partial charge < -0.3 is 80.4 Å². The summed E-state index contributed by atoms with van der Waals surface area (Å²) in [5.74, 6) is -11.3. The lowest BCUT2D eigenvalue weighted by molar-refractivity contribution is -0.145. The van der Waals surface area contributed by atoms with Gasteiger partial charge in [-0.3, -0.25) is 67.1 Å². The molecule has 0 saturated carbocycles. The Hall–Kier alpha value is -8.24. The lowest BCUT2D eigenvalue weighted by Crippen LogP contribution is -2.66. The molecule has 1 heterocycles. The largest absolute Gasteiger partial charge is 0.394 e. The van der Waals surface area contributed by atoms with Crippen molar-refractivity contribution in [2.45, 2.75) is 263 Å². The summed E-state index contributed by atoms with van der Waals surface area (Å²) in [7, 11) is 0. The summed E-state index contributed by atoms with van der Waals surface area (Å²) in [6, 6.07) is -0.235. The average Bonchev–Trinajstić information content (AvgIpc) is 1.81. The van der Waals surface area contributed by atoms with E-state index in [2.05, 4.69) is 60.1 Å². The number of hydrogen-bond donors (Lipinski definition) is 14. The van der Waals surface area contributed by atoms with Crippen LogP contribution in [0.1, 0.15) is 198 Å². The van der Waals surface area contributed by atoms with E-state index in [1.54, 1.807) is 44.2 Å². The lowest BCUT2D eigenvalue weighted by atomic mass is 9.97. The van der Waals surface area contributed by atoms with Crippen LogP contribution in [0.4, 0.5) is 0 Å². The minimum Gasteiger partial charge on any atom is -0.394 e. The highest BCUT2D eigenvalue weighted by molar-refractivity contribution is 6.01. The van der Waals surface area contributed by atoms with E-state index in [0.717, 1.165) is 38.5 Å². The van der Waals surface area contributed by atoms with Crippen molar-refractivity contribution < 1.29 is 72.2 Å². The molecule has 1 fully saturated rings. The number of rotatable bonds is 42. The molecule has 0 spiro atoms. The van der Waals surface area contributed by atoms with Gasteiger partial charge in [0.25, 0.3) is 0 Å². The van der Waals surface area contributed by atoms with Crippen molar-refractivity contribution in [1.82, 2.24) is 58.1 Å². The number of carbonyl (C=O) groups is 14. The van der Waals surface area contributed by atoms with Crippen LogP contribution >= 0.6 is 0 Å². The Bertz CT molecular complexity index is 2770. The topological polar surface area (TPSA) is 461 Å². The predicted octanol–water partition coefficient (Wildman–Crippen LogP) is -0.296. The molecule has 1 aromatic rings. The fraction of sp³-hybridized carbons (Fsp3) is 0.688. The number of likely N-dealkylation sites (tertiary alicyclic amines) is 1. The van der Waals surface area contributed by atoms with Gasteiger partial charge in [-0.2, -0.15) is 0 Å². The van der Waals surface area contributed by atoms with E-state index in [9.17, 15) is 72.2 Å². The van der Waals surface area contributed by atoms with Gasteiger partial charge >= 0.3 is 0 Å². The van der Waals surface area contributed by atoms with Crippen LogP contribution in [0.3, 0.4) is 0 Å². The zero-order chi connectivity index (χ0) is 70.6. The van der Waals surface area contributed by atoms with E-state index in [1.807, 2.05) is 13.8 Å². The van der Waals surface area contributed by atoms with Gasteiger partial charge in [-0.15, -0.1) is 0 Å². The van der Waals surface area contributed by atoms with Crippen molar-refractivity contribution in [2.75, 3.05) is 13.2 Å². The van der Waals surface area contributed by atoms with Crippen molar-refractivity contribution in [3.05, 3.63) is 35.9 Å². The maximum Gasteiger partial charge on any atom is 0.248 e. The highest BCUT2D eigenvalue weighted by atomic mass is 16.3. The molecule has 29 nitrogen and oxygen atoms in total. The number of nitrogens with two attached hydrogens (primary N) is 3. The van der Waals surface area contributed by atoms with Gasteiger partial charge in [-0.05, 0) is 119 Å². The van der Waals surface area contributed by atoms with Gasteiger partial charge in [0.2, 0.25) is 82.7 Å². The Labute approximate surface area is 546 Å². The first-order chi connectivity index (χ1) is 43.3. The minimum atomic E-state index is -1.92. The molecular formula is C64H106N14O15. The Balaban J connectivity index is 2.32. The molecule has 17 N–H and O–H groups in total. The highest BCUT2D eigenvalue weighted by Gasteiger charge is 2.44. The Morgan fingerprint density at radius 1 is 0.516 bits per heavy atom. The van der Waals surface area contributed by atoms with E-state index in [0.29, 0.717) is 24.8 Å². The molecule has 1 aliphatic heterocycles. The number of primary amides is 3. The van der Waals surface area contributed by atoms with Crippen LogP contribution in [0.2, 0.25) is 0 Å². The molecule has 2 rings (SSSR count). The second kappa shape index (κ2) is 38.1. The first-order valence-electron chi connectivity index (χ1n) is 32.2. The molecule has 0 unspecified atom stereocenters. The summed E-state index contributed by atoms with van der Waals surface area (Å²) in [5.41, 5.74) is 9.85. The first-order valence-corrected chi connectivity index (χ1v) is 32.2. The number of nitrogens with zero attached hydrogens (tertiary/aromatic N) is 1. The predicted molar refractivity (Wildman–Crippen MR) is 345 cm³/mol. The van der Waals surface area contributed by atoms with Gasteiger partial charge in [0.05, 0.1) is 12.6 Å². The Morgan fingerprint density at radius 2 is 0.978 bits per heavy atom. The molecule has 1 saturated heterocycles. The van der Waals surface area contributed by atoms with E-state index in [1.165, 1.54) is 53.4 Å². The van der Waals surface area contributed by atoms with E-state index in [4.69, 9.17) is 17.2 Å². The van der Waals surface area contributed by atoms with Crippen LogP contribution < -0.4 is 70.4 Å². The fourth-order valence-electron chi connectivity index (χ4n) is 10.1. The molecule has 0 bridgehead atoms. The molecule has 0 aromatic heterocycles. The number of nitrogens with one attached hydrogen (secondary N) is 10. The quantitative estimate of drug-likeness (QED) is 0.0374. The third kappa shape index (κ3) is 28.7. The molecule has 1 aromatic carbocycles. The van der Waals surface area contributed by atoms with Gasteiger partial charge in [0, 0.05) is 38.6 Å². The highest BCUT2D eigenvalue weighted by Crippen LogP contribution is 2.23. The smallest absolute Gasteiger partial charge is 0.248 e. The van der Waals surface area contributed by atoms with Crippen LogP contribution in [-0.4, -0.2) is 170 Å². The van der Waals surface area contributed by atoms with Crippen LogP contribution in [0.5, 0.6) is 0 Å². The van der Waals surface area contributed by atoms with E-state index in [-0.39, 0.29) is 57.1 Å². The minimum absolute atomic E-state index is 0.0722. The zero-order valence-electron chi connectivity index (χ0n) is 56.5. The van der Waals surface area contributed by atoms with Gasteiger partial charge in [0.15, 0.2) is 0 Å². The SMILES string of the molecule is CCCCCCCCCC(=O)NC(C)(C)C(=O)N1CCC[C@H]1C(=O)N[C@@H](Cc1ccccc1)C(=O)NC(C)(C)C(=O)N[C@@H](CCC(N)=O)C(=O)N[C@@H](CCC(N)=O)C(=O)NC(C)(C)C(=O)NC(C)(C)C(=O)N[C@@H](CCC(N)=O)C(=O)N[C@@H](C)C(=O)N[C@H](CO)CC(C)C. The summed E-state index contributed by atoms with van der Waals surface area (Å²) < 4.78 is 0. The molecule has 93 heavy (non-hydrogen) atoms. The lowest BCUT2D eigenvalue weighted by Gasteiger charge is -2.34. The van der Waals surface area contributed by atoms with Crippen molar-refractivity contribution >= 4 is 82.7 Å². The number of amides is 14. The first kappa shape index (κ1) is 80.9. The molecule has 7 atom stereocenters. The monoisotopic (exact) mass is 1310 g/mol. The summed E-state index contributed by atoms with van der Waals surface area (Å²) >= 11 is 0. The molecular weight excluding hydrogens is 1200 g/mol. The van der Waals surface area contributed by atoms with Crippen molar-refractivity contribution in [1.29, 1.82) is 0 Å². The second-order valence-electron chi connectivity index (χ2n) is 26.6. The second-order valence-corrected chi connectivity index (χ2v) is 26.6. The number of carbonyl (C=O) groups excluding carboxylic acids is 14. The number of benzene rings is 1. The maximum absolute atomic E-state index is 14.4. The Kier molecular flexibility index (Phi) is 33.1. The third-order valence-electron chi connectivity index (χ3n) is 15.7. The molecule has 522 valence electrons. The summed E-state index contributed by atoms with van der Waals surface area (Å²) in [6.45, 7) is 17.9. The van der Waals surface area contributed by atoms with Gasteiger partial charge in [-0.1, -0.05) is 89.6 Å². The van der Waals surface area contributed by atoms with Gasteiger partial charge in [0.1, 0.15) is 58.4 Å². The standard InChI is InChI=1S/C64H106N14O15/c1-13-14-15-16-17-18-22-27-50(83)74-64(11,12)60(93)78-34-23-26-46(78)56(89)71-45(36-40-24-20-19-21-25-40)55(88)76-61(5,6)57(90)73-43(29-32-48(66)81)53(86)70-44(30-33-49(67)82)54(87)75-63(9,10)59(92)77-62(7,8)58(91)72-42(28-31-47(65)80)52(85)68-39(4)51(84)69-41(37-79)35-38(2)3/h19-21,24-25,38-39,41-46,79H,13-18,22-23,26-37H2,1-12H3,(H2,65,80)(H2,66,81)(H2,67,82)(H,68,85)(H,69,84)(H,70,86)(H,71,89)(H,72,91)(H,73,90)(H,74,83)(H,75,87)(H,76,88)(H,77,92)/t39-,41-,42-,43-,44-,45-,46-/m0/s1. The molecule has 14 amide bonds. The maximum atomic E-state index is 14.4. The number of hydrogen-bond acceptors (Lipinski definition) is 15. The summed E-state index contributed by atoms with van der Waals surface area (Å²) in [6.07, 6.45) is 5.86. The Morgan fingerprint density at radius 3 is 1.47 bits per heavy atom. The number of aliphatic hydroxyl groups excluding tert-OH is 1.